The molecule has 0 aliphatic carbocycles. The highest BCUT2D eigenvalue weighted by molar-refractivity contribution is 14.0. The lowest BCUT2D eigenvalue weighted by Gasteiger charge is -2.15. The molecule has 0 aliphatic rings. The maximum atomic E-state index is 13.9. The van der Waals surface area contributed by atoms with Gasteiger partial charge in [0.15, 0.2) is 17.5 Å². The van der Waals surface area contributed by atoms with E-state index in [9.17, 15) is 4.39 Å². The molecule has 0 atom stereocenters. The van der Waals surface area contributed by atoms with Crippen molar-refractivity contribution in [2.24, 2.45) is 4.99 Å². The number of hydrogen-bond acceptors (Lipinski definition) is 4. The van der Waals surface area contributed by atoms with Gasteiger partial charge < -0.3 is 25.0 Å². The van der Waals surface area contributed by atoms with E-state index in [1.807, 2.05) is 43.3 Å². The van der Waals surface area contributed by atoms with Gasteiger partial charge in [0.2, 0.25) is 0 Å². The Labute approximate surface area is 189 Å². The number of benzene rings is 2. The summed E-state index contributed by atoms with van der Waals surface area (Å²) in [5.74, 6) is 1.85. The van der Waals surface area contributed by atoms with Crippen molar-refractivity contribution >= 4 is 29.9 Å². The molecule has 0 saturated carbocycles. The summed E-state index contributed by atoms with van der Waals surface area (Å²) >= 11 is 0. The second-order valence-corrected chi connectivity index (χ2v) is 6.63. The number of methoxy groups -OCH3 is 2. The number of aliphatic imine (C=N–C) groups is 1. The first-order valence-corrected chi connectivity index (χ1v) is 9.04. The molecule has 0 fully saturated rings. The Morgan fingerprint density at radius 2 is 1.55 bits per heavy atom. The van der Waals surface area contributed by atoms with Crippen molar-refractivity contribution in [2.75, 3.05) is 35.4 Å². The molecule has 29 heavy (non-hydrogen) atoms. The van der Waals surface area contributed by atoms with Crippen LogP contribution in [-0.2, 0) is 19.6 Å². The van der Waals surface area contributed by atoms with Crippen LogP contribution >= 0.6 is 24.0 Å². The average Bonchev–Trinajstić information content (AvgIpc) is 2.69. The van der Waals surface area contributed by atoms with Gasteiger partial charge in [-0.3, -0.25) is 4.99 Å². The lowest BCUT2D eigenvalue weighted by Crippen LogP contribution is -2.36. The van der Waals surface area contributed by atoms with E-state index < -0.39 is 0 Å². The molecule has 2 rings (SSSR count). The molecule has 0 unspecified atom stereocenters. The quantitative estimate of drug-likeness (QED) is 0.320. The molecule has 0 heterocycles. The summed E-state index contributed by atoms with van der Waals surface area (Å²) in [5.41, 5.74) is 2.71. The third-order valence-electron chi connectivity index (χ3n) is 4.19. The van der Waals surface area contributed by atoms with Gasteiger partial charge in [0.05, 0.1) is 14.2 Å². The molecule has 0 amide bonds. The van der Waals surface area contributed by atoms with Crippen LogP contribution in [-0.4, -0.2) is 46.2 Å². The van der Waals surface area contributed by atoms with E-state index in [2.05, 4.69) is 15.6 Å². The highest BCUT2D eigenvalue weighted by atomic mass is 127. The topological polar surface area (TPSA) is 58.1 Å². The molecule has 2 aromatic rings. The number of halogens is 2. The van der Waals surface area contributed by atoms with Gasteiger partial charge in [-0.1, -0.05) is 12.1 Å². The van der Waals surface area contributed by atoms with E-state index in [1.165, 1.54) is 6.07 Å². The van der Waals surface area contributed by atoms with Crippen LogP contribution in [0.3, 0.4) is 0 Å². The van der Waals surface area contributed by atoms with Crippen LogP contribution in [0.25, 0.3) is 0 Å². The third kappa shape index (κ3) is 7.69. The van der Waals surface area contributed by atoms with Crippen molar-refractivity contribution in [1.29, 1.82) is 0 Å². The van der Waals surface area contributed by atoms with Crippen LogP contribution in [0.5, 0.6) is 11.5 Å². The number of guanidine groups is 1. The molecule has 0 radical (unpaired) electrons. The minimum Gasteiger partial charge on any atom is -0.493 e. The minimum absolute atomic E-state index is 0. The van der Waals surface area contributed by atoms with Gasteiger partial charge in [0.1, 0.15) is 5.82 Å². The van der Waals surface area contributed by atoms with Gasteiger partial charge in [-0.05, 0) is 49.5 Å². The van der Waals surface area contributed by atoms with Gasteiger partial charge in [-0.25, -0.2) is 4.39 Å². The molecular weight excluding hydrogens is 486 g/mol. The average molecular weight is 516 g/mol. The molecular formula is C21H30FIN4O2. The van der Waals surface area contributed by atoms with Crippen LogP contribution in [0, 0.1) is 5.82 Å². The highest BCUT2D eigenvalue weighted by Crippen LogP contribution is 2.27. The van der Waals surface area contributed by atoms with Crippen molar-refractivity contribution in [3.8, 4) is 11.5 Å². The summed E-state index contributed by atoms with van der Waals surface area (Å²) in [5, 5.41) is 6.52. The number of ether oxygens (including phenoxy) is 2. The molecule has 2 aromatic carbocycles. The van der Waals surface area contributed by atoms with Gasteiger partial charge in [-0.15, -0.1) is 24.0 Å². The summed E-state index contributed by atoms with van der Waals surface area (Å²) < 4.78 is 24.5. The van der Waals surface area contributed by atoms with Crippen LogP contribution in [0.4, 0.5) is 4.39 Å². The van der Waals surface area contributed by atoms with Crippen molar-refractivity contribution in [3.05, 3.63) is 58.9 Å². The smallest absolute Gasteiger partial charge is 0.191 e. The maximum absolute atomic E-state index is 13.9. The minimum atomic E-state index is -0.187. The molecule has 6 nitrogen and oxygen atoms in total. The molecule has 0 saturated heterocycles. The van der Waals surface area contributed by atoms with E-state index in [-0.39, 0.29) is 29.8 Å². The number of hydrogen-bond donors (Lipinski definition) is 2. The van der Waals surface area contributed by atoms with Gasteiger partial charge in [0, 0.05) is 32.2 Å². The second-order valence-electron chi connectivity index (χ2n) is 6.63. The van der Waals surface area contributed by atoms with Crippen LogP contribution in [0.1, 0.15) is 16.7 Å². The SMILES string of the molecule is CN=C(NCc1ccc(F)c(CN(C)C)c1)NCc1ccc(OC)c(OC)c1.I. The number of rotatable bonds is 8. The first-order valence-electron chi connectivity index (χ1n) is 9.04. The maximum Gasteiger partial charge on any atom is 0.191 e. The van der Waals surface area contributed by atoms with E-state index in [1.54, 1.807) is 27.3 Å². The van der Waals surface area contributed by atoms with Crippen LogP contribution in [0.2, 0.25) is 0 Å². The molecule has 0 spiro atoms. The van der Waals surface area contributed by atoms with Crippen molar-refractivity contribution in [2.45, 2.75) is 19.6 Å². The zero-order chi connectivity index (χ0) is 20.5. The highest BCUT2D eigenvalue weighted by Gasteiger charge is 2.07. The van der Waals surface area contributed by atoms with Crippen molar-refractivity contribution in [1.82, 2.24) is 15.5 Å². The van der Waals surface area contributed by atoms with Gasteiger partial charge in [0.25, 0.3) is 0 Å². The predicted octanol–water partition coefficient (Wildman–Crippen LogP) is 3.39. The largest absolute Gasteiger partial charge is 0.493 e. The van der Waals surface area contributed by atoms with E-state index in [0.29, 0.717) is 42.7 Å². The number of nitrogens with zero attached hydrogens (tertiary/aromatic N) is 2. The fraction of sp³-hybridized carbons (Fsp3) is 0.381. The molecule has 0 bridgehead atoms. The van der Waals surface area contributed by atoms with Crippen molar-refractivity contribution in [3.63, 3.8) is 0 Å². The Morgan fingerprint density at radius 3 is 2.10 bits per heavy atom. The van der Waals surface area contributed by atoms with Crippen LogP contribution in [0.15, 0.2) is 41.4 Å². The summed E-state index contributed by atoms with van der Waals surface area (Å²) in [6.07, 6.45) is 0. The Balaban J connectivity index is 0.00000420. The van der Waals surface area contributed by atoms with Crippen LogP contribution < -0.4 is 20.1 Å². The van der Waals surface area contributed by atoms with Crippen molar-refractivity contribution < 1.29 is 13.9 Å². The summed E-state index contributed by atoms with van der Waals surface area (Å²) in [6.45, 7) is 1.69. The van der Waals surface area contributed by atoms with Gasteiger partial charge in [-0.2, -0.15) is 0 Å². The zero-order valence-corrected chi connectivity index (χ0v) is 19.9. The first-order chi connectivity index (χ1) is 13.5. The normalized spacial score (nSPS) is 11.1. The summed E-state index contributed by atoms with van der Waals surface area (Å²) in [4.78, 5) is 6.18. The number of nitrogens with one attached hydrogen (secondary N) is 2. The van der Waals surface area contributed by atoms with E-state index in [0.717, 1.165) is 11.1 Å². The Bertz CT molecular complexity index is 815. The fourth-order valence-corrected chi connectivity index (χ4v) is 2.78. The summed E-state index contributed by atoms with van der Waals surface area (Å²) in [7, 11) is 8.78. The van der Waals surface area contributed by atoms with E-state index in [4.69, 9.17) is 9.47 Å². The Kier molecular flexibility index (Phi) is 10.7. The molecule has 0 aromatic heterocycles. The van der Waals surface area contributed by atoms with E-state index >= 15 is 0 Å². The Hall–Kier alpha value is -2.07. The predicted molar refractivity (Wildman–Crippen MR) is 126 cm³/mol. The summed E-state index contributed by atoms with van der Waals surface area (Å²) in [6, 6.07) is 10.9. The fourth-order valence-electron chi connectivity index (χ4n) is 2.78. The molecule has 2 N–H and O–H groups in total. The van der Waals surface area contributed by atoms with Gasteiger partial charge >= 0.3 is 0 Å². The molecule has 160 valence electrons. The Morgan fingerprint density at radius 1 is 0.966 bits per heavy atom. The molecule has 8 heteroatoms. The lowest BCUT2D eigenvalue weighted by atomic mass is 10.1. The first kappa shape index (κ1) is 25.0. The lowest BCUT2D eigenvalue weighted by molar-refractivity contribution is 0.354. The monoisotopic (exact) mass is 516 g/mol. The molecule has 0 aliphatic heterocycles. The zero-order valence-electron chi connectivity index (χ0n) is 17.6. The second kappa shape index (κ2) is 12.5. The third-order valence-corrected chi connectivity index (χ3v) is 4.19. The standard InChI is InChI=1S/C21H29FN4O2.HI/c1-23-21(25-13-16-7-9-19(27-4)20(11-16)28-5)24-12-15-6-8-18(22)17(10-15)14-26(2)3;/h6-11H,12-14H2,1-5H3,(H2,23,24,25);1H.